The molecule has 1 unspecified atom stereocenters. The minimum atomic E-state index is -0.151. The smallest absolute Gasteiger partial charge is 0.308 e. The summed E-state index contributed by atoms with van der Waals surface area (Å²) in [5.74, 6) is -0.273. The van der Waals surface area contributed by atoms with Gasteiger partial charge in [0.15, 0.2) is 0 Å². The summed E-state index contributed by atoms with van der Waals surface area (Å²) >= 11 is 0. The van der Waals surface area contributed by atoms with E-state index >= 15 is 0 Å². The number of hydrogen-bond acceptors (Lipinski definition) is 4. The first-order valence-corrected chi connectivity index (χ1v) is 6.61. The van der Waals surface area contributed by atoms with Crippen LogP contribution < -0.4 is 0 Å². The van der Waals surface area contributed by atoms with Gasteiger partial charge in [-0.15, -0.1) is 5.11 Å². The van der Waals surface area contributed by atoms with Crippen molar-refractivity contribution < 1.29 is 9.53 Å². The highest BCUT2D eigenvalue weighted by Crippen LogP contribution is 2.13. The Morgan fingerprint density at radius 1 is 1.44 bits per heavy atom. The topological polar surface area (TPSA) is 54.3 Å². The maximum absolute atomic E-state index is 11.4. The number of ether oxygens (including phenoxy) is 1. The van der Waals surface area contributed by atoms with Gasteiger partial charge in [0.1, 0.15) is 0 Å². The van der Waals surface area contributed by atoms with E-state index in [4.69, 9.17) is 4.74 Å². The Kier molecular flexibility index (Phi) is 6.39. The molecule has 5 heteroatoms. The first-order chi connectivity index (χ1) is 8.63. The molecule has 1 atom stereocenters. The maximum atomic E-state index is 11.4. The van der Waals surface area contributed by atoms with Gasteiger partial charge in [-0.05, 0) is 33.1 Å². The molecule has 0 radical (unpaired) electrons. The summed E-state index contributed by atoms with van der Waals surface area (Å²) in [6, 6.07) is 0. The van der Waals surface area contributed by atoms with Crippen molar-refractivity contribution in [1.29, 1.82) is 0 Å². The van der Waals surface area contributed by atoms with Crippen LogP contribution in [0.1, 0.15) is 40.0 Å². The molecule has 0 aromatic heterocycles. The number of carbonyl (C=O) groups excluding carboxylic acids is 1. The first-order valence-electron chi connectivity index (χ1n) is 6.61. The van der Waals surface area contributed by atoms with Crippen molar-refractivity contribution in [1.82, 2.24) is 5.01 Å². The SMILES string of the molecule is CCOC(=O)C(C)C/C(C)=C/N=NN1CCCC1. The predicted octanol–water partition coefficient (Wildman–Crippen LogP) is 2.94. The van der Waals surface area contributed by atoms with E-state index in [9.17, 15) is 4.79 Å². The molecule has 0 aliphatic carbocycles. The minimum absolute atomic E-state index is 0.122. The molecule has 0 saturated carbocycles. The van der Waals surface area contributed by atoms with Gasteiger partial charge in [0.25, 0.3) is 0 Å². The van der Waals surface area contributed by atoms with Crippen LogP contribution in [-0.4, -0.2) is 30.7 Å². The zero-order chi connectivity index (χ0) is 13.4. The van der Waals surface area contributed by atoms with Gasteiger partial charge in [-0.2, -0.15) is 0 Å². The highest BCUT2D eigenvalue weighted by Gasteiger charge is 2.14. The van der Waals surface area contributed by atoms with E-state index in [2.05, 4.69) is 10.3 Å². The quantitative estimate of drug-likeness (QED) is 0.540. The van der Waals surface area contributed by atoms with Crippen LogP contribution >= 0.6 is 0 Å². The van der Waals surface area contributed by atoms with E-state index in [1.54, 1.807) is 6.20 Å². The van der Waals surface area contributed by atoms with Crippen LogP contribution in [0.15, 0.2) is 22.1 Å². The molecular weight excluding hydrogens is 230 g/mol. The molecular formula is C13H23N3O2. The fourth-order valence-corrected chi connectivity index (χ4v) is 1.89. The second-order valence-electron chi connectivity index (χ2n) is 4.70. The van der Waals surface area contributed by atoms with Crippen LogP contribution in [0.2, 0.25) is 0 Å². The second-order valence-corrected chi connectivity index (χ2v) is 4.70. The van der Waals surface area contributed by atoms with Crippen molar-refractivity contribution in [3.05, 3.63) is 11.8 Å². The van der Waals surface area contributed by atoms with Gasteiger partial charge in [0.05, 0.1) is 18.7 Å². The Morgan fingerprint density at radius 2 is 2.11 bits per heavy atom. The summed E-state index contributed by atoms with van der Waals surface area (Å²) in [5.41, 5.74) is 1.04. The van der Waals surface area contributed by atoms with Gasteiger partial charge < -0.3 is 4.74 Å². The molecule has 1 aliphatic rings. The summed E-state index contributed by atoms with van der Waals surface area (Å²) in [5, 5.41) is 10.1. The Balaban J connectivity index is 2.34. The van der Waals surface area contributed by atoms with Crippen molar-refractivity contribution in [3.63, 3.8) is 0 Å². The molecule has 5 nitrogen and oxygen atoms in total. The number of nitrogens with zero attached hydrogens (tertiary/aromatic N) is 3. The third-order valence-electron chi connectivity index (χ3n) is 2.86. The second kappa shape index (κ2) is 7.84. The van der Waals surface area contributed by atoms with E-state index < -0.39 is 0 Å². The average Bonchev–Trinajstić information content (AvgIpc) is 2.82. The molecule has 1 saturated heterocycles. The normalized spacial score (nSPS) is 18.4. The molecule has 0 spiro atoms. The van der Waals surface area contributed by atoms with Crippen LogP contribution in [0, 0.1) is 5.92 Å². The molecule has 0 aromatic carbocycles. The summed E-state index contributed by atoms with van der Waals surface area (Å²) in [4.78, 5) is 11.4. The van der Waals surface area contributed by atoms with Gasteiger partial charge in [-0.3, -0.25) is 9.80 Å². The van der Waals surface area contributed by atoms with E-state index in [-0.39, 0.29) is 11.9 Å². The van der Waals surface area contributed by atoms with Crippen LogP contribution in [0.4, 0.5) is 0 Å². The Hall–Kier alpha value is -1.39. The lowest BCUT2D eigenvalue weighted by atomic mass is 10.0. The standard InChI is InChI=1S/C13H23N3O2/c1-4-18-13(17)12(3)9-11(2)10-14-15-16-7-5-6-8-16/h10,12H,4-9H2,1-3H3/b11-10+,15-14?. The third-order valence-corrected chi connectivity index (χ3v) is 2.86. The van der Waals surface area contributed by atoms with Crippen LogP contribution in [0.25, 0.3) is 0 Å². The van der Waals surface area contributed by atoms with Crippen LogP contribution in [0.3, 0.4) is 0 Å². The molecule has 0 bridgehead atoms. The van der Waals surface area contributed by atoms with Crippen molar-refractivity contribution in [2.75, 3.05) is 19.7 Å². The highest BCUT2D eigenvalue weighted by molar-refractivity contribution is 5.72. The largest absolute Gasteiger partial charge is 0.466 e. The van der Waals surface area contributed by atoms with Crippen molar-refractivity contribution in [2.45, 2.75) is 40.0 Å². The Morgan fingerprint density at radius 3 is 2.72 bits per heavy atom. The van der Waals surface area contributed by atoms with Crippen molar-refractivity contribution >= 4 is 5.97 Å². The number of carbonyl (C=O) groups is 1. The predicted molar refractivity (Wildman–Crippen MR) is 69.8 cm³/mol. The Bertz CT molecular complexity index is 320. The lowest BCUT2D eigenvalue weighted by Crippen LogP contribution is -2.14. The summed E-state index contributed by atoms with van der Waals surface area (Å²) in [6.45, 7) is 8.06. The molecule has 0 aromatic rings. The Labute approximate surface area is 109 Å². The monoisotopic (exact) mass is 253 g/mol. The third kappa shape index (κ3) is 5.29. The number of allylic oxidation sites excluding steroid dienone is 1. The van der Waals surface area contributed by atoms with Gasteiger partial charge in [-0.25, -0.2) is 0 Å². The highest BCUT2D eigenvalue weighted by atomic mass is 16.5. The van der Waals surface area contributed by atoms with E-state index in [0.717, 1.165) is 18.7 Å². The lowest BCUT2D eigenvalue weighted by Gasteiger charge is -2.10. The zero-order valence-corrected chi connectivity index (χ0v) is 11.6. The van der Waals surface area contributed by atoms with Gasteiger partial charge in [0, 0.05) is 13.1 Å². The molecule has 18 heavy (non-hydrogen) atoms. The number of esters is 1. The lowest BCUT2D eigenvalue weighted by molar-refractivity contribution is -0.147. The molecule has 1 rings (SSSR count). The van der Waals surface area contributed by atoms with Crippen LogP contribution in [0.5, 0.6) is 0 Å². The van der Waals surface area contributed by atoms with Crippen molar-refractivity contribution in [2.24, 2.45) is 16.3 Å². The summed E-state index contributed by atoms with van der Waals surface area (Å²) in [7, 11) is 0. The fourth-order valence-electron chi connectivity index (χ4n) is 1.89. The summed E-state index contributed by atoms with van der Waals surface area (Å²) in [6.07, 6.45) is 4.79. The molecule has 102 valence electrons. The zero-order valence-electron chi connectivity index (χ0n) is 11.6. The molecule has 0 N–H and O–H groups in total. The van der Waals surface area contributed by atoms with E-state index in [1.807, 2.05) is 25.8 Å². The first kappa shape index (κ1) is 14.7. The molecule has 1 fully saturated rings. The van der Waals surface area contributed by atoms with Crippen LogP contribution in [-0.2, 0) is 9.53 Å². The molecule has 1 heterocycles. The minimum Gasteiger partial charge on any atom is -0.466 e. The van der Waals surface area contributed by atoms with Crippen molar-refractivity contribution in [3.8, 4) is 0 Å². The maximum Gasteiger partial charge on any atom is 0.308 e. The van der Waals surface area contributed by atoms with E-state index in [0.29, 0.717) is 13.0 Å². The van der Waals surface area contributed by atoms with Gasteiger partial charge in [0.2, 0.25) is 0 Å². The number of rotatable bonds is 6. The number of hydrogen-bond donors (Lipinski definition) is 0. The van der Waals surface area contributed by atoms with E-state index in [1.165, 1.54) is 12.8 Å². The molecule has 1 aliphatic heterocycles. The van der Waals surface area contributed by atoms with Gasteiger partial charge >= 0.3 is 5.97 Å². The summed E-state index contributed by atoms with van der Waals surface area (Å²) < 4.78 is 4.96. The molecule has 0 amide bonds. The van der Waals surface area contributed by atoms with Gasteiger partial charge in [-0.1, -0.05) is 17.7 Å². The average molecular weight is 253 g/mol. The fraction of sp³-hybridized carbons (Fsp3) is 0.769.